The van der Waals surface area contributed by atoms with E-state index in [-0.39, 0.29) is 11.6 Å². The molecule has 0 unspecified atom stereocenters. The van der Waals surface area contributed by atoms with Gasteiger partial charge in [-0.25, -0.2) is 9.59 Å². The molecule has 0 fully saturated rings. The van der Waals surface area contributed by atoms with Crippen molar-refractivity contribution in [2.45, 2.75) is 6.92 Å². The summed E-state index contributed by atoms with van der Waals surface area (Å²) in [6.07, 6.45) is 0. The number of carboxylic acids is 1. The third-order valence-corrected chi connectivity index (χ3v) is 2.13. The molecule has 0 aliphatic heterocycles. The Kier molecular flexibility index (Phi) is 3.88. The number of rotatable bonds is 3. The predicted molar refractivity (Wildman–Crippen MR) is 60.9 cm³/mol. The van der Waals surface area contributed by atoms with Gasteiger partial charge in [-0.3, -0.25) is 4.90 Å². The molecule has 0 saturated heterocycles. The minimum absolute atomic E-state index is 0.202. The fourth-order valence-electron chi connectivity index (χ4n) is 1.21. The molecule has 1 aromatic carbocycles. The maximum Gasteiger partial charge on any atom is 0.335 e. The summed E-state index contributed by atoms with van der Waals surface area (Å²) in [7, 11) is 1.63. The van der Waals surface area contributed by atoms with Crippen LogP contribution in [0.1, 0.15) is 17.3 Å². The van der Waals surface area contributed by atoms with Gasteiger partial charge in [-0.2, -0.15) is 0 Å². The number of amides is 2. The van der Waals surface area contributed by atoms with Gasteiger partial charge in [0.05, 0.1) is 5.56 Å². The molecule has 0 aliphatic rings. The third kappa shape index (κ3) is 2.73. The van der Waals surface area contributed by atoms with Gasteiger partial charge in [-0.05, 0) is 31.2 Å². The first kappa shape index (κ1) is 12.0. The Hall–Kier alpha value is -2.04. The lowest BCUT2D eigenvalue weighted by Gasteiger charge is -2.17. The van der Waals surface area contributed by atoms with Crippen LogP contribution in [-0.2, 0) is 0 Å². The number of carbonyl (C=O) groups excluding carboxylic acids is 1. The van der Waals surface area contributed by atoms with E-state index in [9.17, 15) is 9.59 Å². The molecule has 0 radical (unpaired) electrons. The Morgan fingerprint density at radius 3 is 2.31 bits per heavy atom. The molecule has 0 saturated carbocycles. The van der Waals surface area contributed by atoms with E-state index in [1.807, 2.05) is 6.92 Å². The van der Waals surface area contributed by atoms with Crippen LogP contribution < -0.4 is 10.2 Å². The number of nitrogens with one attached hydrogen (secondary N) is 1. The summed E-state index contributed by atoms with van der Waals surface area (Å²) < 4.78 is 0. The Morgan fingerprint density at radius 1 is 1.31 bits per heavy atom. The first-order chi connectivity index (χ1) is 7.56. The van der Waals surface area contributed by atoms with Crippen molar-refractivity contribution in [3.05, 3.63) is 29.8 Å². The molecule has 1 aromatic rings. The average molecular weight is 222 g/mol. The zero-order valence-electron chi connectivity index (χ0n) is 9.23. The van der Waals surface area contributed by atoms with Gasteiger partial charge in [0.2, 0.25) is 0 Å². The predicted octanol–water partition coefficient (Wildman–Crippen LogP) is 1.55. The van der Waals surface area contributed by atoms with Gasteiger partial charge in [-0.1, -0.05) is 0 Å². The zero-order valence-corrected chi connectivity index (χ0v) is 9.23. The molecule has 2 amide bonds. The van der Waals surface area contributed by atoms with Crippen molar-refractivity contribution in [3.63, 3.8) is 0 Å². The second kappa shape index (κ2) is 5.16. The third-order valence-electron chi connectivity index (χ3n) is 2.13. The van der Waals surface area contributed by atoms with Gasteiger partial charge in [0.1, 0.15) is 0 Å². The molecular formula is C11H14N2O3. The number of urea groups is 1. The minimum atomic E-state index is -0.979. The molecule has 16 heavy (non-hydrogen) atoms. The number of carbonyl (C=O) groups is 2. The van der Waals surface area contributed by atoms with E-state index in [0.717, 1.165) is 0 Å². The molecule has 0 atom stereocenters. The van der Waals surface area contributed by atoms with Crippen molar-refractivity contribution in [1.82, 2.24) is 5.32 Å². The lowest BCUT2D eigenvalue weighted by Crippen LogP contribution is -2.37. The van der Waals surface area contributed by atoms with Crippen LogP contribution >= 0.6 is 0 Å². The highest BCUT2D eigenvalue weighted by molar-refractivity contribution is 5.92. The first-order valence-electron chi connectivity index (χ1n) is 4.91. The summed E-state index contributed by atoms with van der Waals surface area (Å²) in [5.74, 6) is -0.979. The Balaban J connectivity index is 2.81. The largest absolute Gasteiger partial charge is 0.478 e. The van der Waals surface area contributed by atoms with Crippen molar-refractivity contribution in [2.75, 3.05) is 18.5 Å². The van der Waals surface area contributed by atoms with Gasteiger partial charge >= 0.3 is 12.0 Å². The molecule has 0 heterocycles. The molecule has 1 rings (SSSR count). The van der Waals surface area contributed by atoms with Crippen molar-refractivity contribution < 1.29 is 14.7 Å². The minimum Gasteiger partial charge on any atom is -0.478 e. The molecule has 0 bridgehead atoms. The molecule has 5 heteroatoms. The average Bonchev–Trinajstić information content (AvgIpc) is 2.28. The van der Waals surface area contributed by atoms with Gasteiger partial charge in [0.15, 0.2) is 0 Å². The fraction of sp³-hybridized carbons (Fsp3) is 0.273. The van der Waals surface area contributed by atoms with E-state index in [1.54, 1.807) is 19.2 Å². The number of hydrogen-bond donors (Lipinski definition) is 2. The van der Waals surface area contributed by atoms with Crippen LogP contribution in [0.4, 0.5) is 10.5 Å². The van der Waals surface area contributed by atoms with Crippen LogP contribution in [0.5, 0.6) is 0 Å². The topological polar surface area (TPSA) is 69.6 Å². The Morgan fingerprint density at radius 2 is 1.88 bits per heavy atom. The highest BCUT2D eigenvalue weighted by Gasteiger charge is 2.10. The number of anilines is 1. The molecule has 0 aromatic heterocycles. The van der Waals surface area contributed by atoms with Crippen molar-refractivity contribution in [1.29, 1.82) is 0 Å². The molecule has 2 N–H and O–H groups in total. The second-order valence-corrected chi connectivity index (χ2v) is 3.25. The normalized spacial score (nSPS) is 9.62. The summed E-state index contributed by atoms with van der Waals surface area (Å²) in [6.45, 7) is 2.38. The number of benzene rings is 1. The van der Waals surface area contributed by atoms with E-state index in [1.165, 1.54) is 17.0 Å². The van der Waals surface area contributed by atoms with E-state index in [0.29, 0.717) is 12.2 Å². The highest BCUT2D eigenvalue weighted by Crippen LogP contribution is 2.13. The number of aromatic carboxylic acids is 1. The standard InChI is InChI=1S/C11H14N2O3/c1-3-12-11(16)13(2)9-6-4-8(5-7-9)10(14)15/h4-7H,3H2,1-2H3,(H,12,16)(H,14,15). The van der Waals surface area contributed by atoms with Crippen LogP contribution in [0.2, 0.25) is 0 Å². The van der Waals surface area contributed by atoms with E-state index < -0.39 is 5.97 Å². The van der Waals surface area contributed by atoms with Crippen LogP contribution in [0.25, 0.3) is 0 Å². The van der Waals surface area contributed by atoms with Gasteiger partial charge in [-0.15, -0.1) is 0 Å². The van der Waals surface area contributed by atoms with Gasteiger partial charge < -0.3 is 10.4 Å². The molecule has 0 aliphatic carbocycles. The number of carboxylic acid groups (broad SMARTS) is 1. The second-order valence-electron chi connectivity index (χ2n) is 3.25. The van der Waals surface area contributed by atoms with Crippen molar-refractivity contribution in [3.8, 4) is 0 Å². The Labute approximate surface area is 93.7 Å². The smallest absolute Gasteiger partial charge is 0.335 e. The molecule has 86 valence electrons. The molecule has 0 spiro atoms. The number of nitrogens with zero attached hydrogens (tertiary/aromatic N) is 1. The summed E-state index contributed by atoms with van der Waals surface area (Å²) in [4.78, 5) is 23.5. The van der Waals surface area contributed by atoms with Crippen LogP contribution in [-0.4, -0.2) is 30.7 Å². The highest BCUT2D eigenvalue weighted by atomic mass is 16.4. The summed E-state index contributed by atoms with van der Waals surface area (Å²) >= 11 is 0. The SMILES string of the molecule is CCNC(=O)N(C)c1ccc(C(=O)O)cc1. The van der Waals surface area contributed by atoms with Gasteiger partial charge in [0.25, 0.3) is 0 Å². The maximum atomic E-state index is 11.5. The quantitative estimate of drug-likeness (QED) is 0.815. The maximum absolute atomic E-state index is 11.5. The first-order valence-corrected chi connectivity index (χ1v) is 4.91. The molecule has 5 nitrogen and oxygen atoms in total. The number of hydrogen-bond acceptors (Lipinski definition) is 2. The van der Waals surface area contributed by atoms with Crippen LogP contribution in [0, 0.1) is 0 Å². The lowest BCUT2D eigenvalue weighted by molar-refractivity contribution is 0.0697. The fourth-order valence-corrected chi connectivity index (χ4v) is 1.21. The lowest BCUT2D eigenvalue weighted by atomic mass is 10.2. The van der Waals surface area contributed by atoms with E-state index in [2.05, 4.69) is 5.32 Å². The van der Waals surface area contributed by atoms with Crippen molar-refractivity contribution in [2.24, 2.45) is 0 Å². The zero-order chi connectivity index (χ0) is 12.1. The monoisotopic (exact) mass is 222 g/mol. The Bertz CT molecular complexity index is 387. The van der Waals surface area contributed by atoms with E-state index >= 15 is 0 Å². The van der Waals surface area contributed by atoms with Crippen LogP contribution in [0.15, 0.2) is 24.3 Å². The summed E-state index contributed by atoms with van der Waals surface area (Å²) in [5.41, 5.74) is 0.851. The summed E-state index contributed by atoms with van der Waals surface area (Å²) in [6, 6.07) is 5.91. The molecular weight excluding hydrogens is 208 g/mol. The van der Waals surface area contributed by atoms with Crippen molar-refractivity contribution >= 4 is 17.7 Å². The van der Waals surface area contributed by atoms with E-state index in [4.69, 9.17) is 5.11 Å². The van der Waals surface area contributed by atoms with Gasteiger partial charge in [0, 0.05) is 19.3 Å². The summed E-state index contributed by atoms with van der Waals surface area (Å²) in [5, 5.41) is 11.4. The van der Waals surface area contributed by atoms with Crippen LogP contribution in [0.3, 0.4) is 0 Å².